The lowest BCUT2D eigenvalue weighted by Gasteiger charge is -2.32. The lowest BCUT2D eigenvalue weighted by molar-refractivity contribution is -0.144. The van der Waals surface area contributed by atoms with Crippen molar-refractivity contribution in [1.82, 2.24) is 5.32 Å². The SMILES string of the molecule is O=C(O)C1CN(C(=O)c2scc(CNCS(=O)(=O)c3ccc(Cl)cc3)c2Cl)c2ccccc2O1. The second-order valence-corrected chi connectivity index (χ2v) is 11.1. The number of sulfone groups is 1. The summed E-state index contributed by atoms with van der Waals surface area (Å²) in [6, 6.07) is 12.5. The van der Waals surface area contributed by atoms with Gasteiger partial charge in [0.05, 0.1) is 22.2 Å². The zero-order valence-electron chi connectivity index (χ0n) is 17.4. The van der Waals surface area contributed by atoms with Gasteiger partial charge in [-0.3, -0.25) is 15.0 Å². The number of fused-ring (bicyclic) bond motifs is 1. The van der Waals surface area contributed by atoms with Crippen LogP contribution in [0.3, 0.4) is 0 Å². The van der Waals surface area contributed by atoms with Gasteiger partial charge in [-0.1, -0.05) is 35.3 Å². The number of benzene rings is 2. The number of nitrogens with zero attached hydrogens (tertiary/aromatic N) is 1. The fourth-order valence-electron chi connectivity index (χ4n) is 3.37. The molecule has 1 atom stereocenters. The third-order valence-corrected chi connectivity index (χ3v) is 8.46. The van der Waals surface area contributed by atoms with Gasteiger partial charge in [0.15, 0.2) is 9.84 Å². The highest BCUT2D eigenvalue weighted by molar-refractivity contribution is 7.91. The molecule has 0 bridgehead atoms. The molecule has 1 unspecified atom stereocenters. The molecule has 12 heteroatoms. The van der Waals surface area contributed by atoms with Crippen molar-refractivity contribution in [2.24, 2.45) is 0 Å². The van der Waals surface area contributed by atoms with Crippen LogP contribution in [0.25, 0.3) is 0 Å². The van der Waals surface area contributed by atoms with Gasteiger partial charge in [-0.05, 0) is 47.3 Å². The number of rotatable bonds is 7. The van der Waals surface area contributed by atoms with Crippen molar-refractivity contribution in [3.63, 3.8) is 0 Å². The van der Waals surface area contributed by atoms with Crippen LogP contribution in [-0.2, 0) is 21.2 Å². The first-order valence-electron chi connectivity index (χ1n) is 9.92. The van der Waals surface area contributed by atoms with Crippen LogP contribution in [0.4, 0.5) is 5.69 Å². The highest BCUT2D eigenvalue weighted by Gasteiger charge is 2.35. The molecule has 3 aromatic rings. The van der Waals surface area contributed by atoms with Crippen molar-refractivity contribution in [2.75, 3.05) is 17.3 Å². The number of para-hydroxylation sites is 2. The number of hydrogen-bond acceptors (Lipinski definition) is 7. The predicted octanol–water partition coefficient (Wildman–Crippen LogP) is 4.07. The first-order chi connectivity index (χ1) is 16.2. The highest BCUT2D eigenvalue weighted by Crippen LogP contribution is 2.37. The monoisotopic (exact) mass is 540 g/mol. The quantitative estimate of drug-likeness (QED) is 0.464. The van der Waals surface area contributed by atoms with E-state index in [1.54, 1.807) is 29.6 Å². The smallest absolute Gasteiger partial charge is 0.346 e. The van der Waals surface area contributed by atoms with Gasteiger partial charge < -0.3 is 9.84 Å². The molecule has 1 amide bonds. The van der Waals surface area contributed by atoms with Crippen LogP contribution < -0.4 is 15.0 Å². The minimum atomic E-state index is -3.59. The maximum absolute atomic E-state index is 13.3. The number of anilines is 1. The number of carboxylic acid groups (broad SMARTS) is 1. The highest BCUT2D eigenvalue weighted by atomic mass is 35.5. The van der Waals surface area contributed by atoms with E-state index in [-0.39, 0.29) is 39.5 Å². The Bertz CT molecular complexity index is 1340. The number of nitrogens with one attached hydrogen (secondary N) is 1. The van der Waals surface area contributed by atoms with E-state index in [4.69, 9.17) is 27.9 Å². The summed E-state index contributed by atoms with van der Waals surface area (Å²) in [6.45, 7) is -0.0563. The summed E-state index contributed by atoms with van der Waals surface area (Å²) in [4.78, 5) is 26.5. The lowest BCUT2D eigenvalue weighted by Crippen LogP contribution is -2.47. The van der Waals surface area contributed by atoms with E-state index in [0.717, 1.165) is 11.3 Å². The van der Waals surface area contributed by atoms with Crippen molar-refractivity contribution in [1.29, 1.82) is 0 Å². The standard InChI is InChI=1S/C22H18Cl2N2O6S2/c23-14-5-7-15(8-6-14)34(30,31)12-25-9-13-11-33-20(19(13)24)21(27)26-10-18(22(28)29)32-17-4-2-1-3-16(17)26/h1-8,11,18,25H,9-10,12H2,(H,28,29). The molecule has 8 nitrogen and oxygen atoms in total. The number of thiophene rings is 1. The molecule has 0 saturated carbocycles. The number of halogens is 2. The average Bonchev–Trinajstić information content (AvgIpc) is 3.18. The molecule has 1 aliphatic heterocycles. The first kappa shape index (κ1) is 24.5. The van der Waals surface area contributed by atoms with Crippen LogP contribution in [0.1, 0.15) is 15.2 Å². The van der Waals surface area contributed by atoms with Crippen LogP contribution in [0.5, 0.6) is 5.75 Å². The van der Waals surface area contributed by atoms with Crippen LogP contribution in [0.15, 0.2) is 58.8 Å². The van der Waals surface area contributed by atoms with E-state index in [1.165, 1.54) is 29.2 Å². The maximum atomic E-state index is 13.3. The Kier molecular flexibility index (Phi) is 7.15. The second-order valence-electron chi connectivity index (χ2n) is 7.37. The molecule has 1 aromatic heterocycles. The Morgan fingerprint density at radius 1 is 1.15 bits per heavy atom. The fraction of sp³-hybridized carbons (Fsp3) is 0.182. The third-order valence-electron chi connectivity index (χ3n) is 5.07. The van der Waals surface area contributed by atoms with Crippen LogP contribution in [0, 0.1) is 0 Å². The molecular formula is C22H18Cl2N2O6S2. The average molecular weight is 541 g/mol. The summed E-state index contributed by atoms with van der Waals surface area (Å²) in [5, 5.41) is 14.5. The van der Waals surface area contributed by atoms with Gasteiger partial charge in [-0.15, -0.1) is 11.3 Å². The van der Waals surface area contributed by atoms with Crippen molar-refractivity contribution >= 4 is 61.9 Å². The molecule has 2 aromatic carbocycles. The number of carboxylic acids is 1. The zero-order chi connectivity index (χ0) is 24.5. The van der Waals surface area contributed by atoms with Gasteiger partial charge in [0.2, 0.25) is 6.10 Å². The number of carbonyl (C=O) groups is 2. The molecule has 0 radical (unpaired) electrons. The third kappa shape index (κ3) is 5.06. The number of amides is 1. The Morgan fingerprint density at radius 2 is 1.85 bits per heavy atom. The van der Waals surface area contributed by atoms with E-state index >= 15 is 0 Å². The summed E-state index contributed by atoms with van der Waals surface area (Å²) in [7, 11) is -3.59. The van der Waals surface area contributed by atoms with Crippen LogP contribution in [-0.4, -0.2) is 43.9 Å². The number of hydrogen-bond donors (Lipinski definition) is 2. The molecule has 178 valence electrons. The van der Waals surface area contributed by atoms with E-state index in [2.05, 4.69) is 5.32 Å². The molecule has 2 N–H and O–H groups in total. The van der Waals surface area contributed by atoms with Gasteiger partial charge in [-0.2, -0.15) is 0 Å². The topological polar surface area (TPSA) is 113 Å². The largest absolute Gasteiger partial charge is 0.478 e. The molecule has 0 spiro atoms. The van der Waals surface area contributed by atoms with Crippen molar-refractivity contribution in [3.8, 4) is 5.75 Å². The summed E-state index contributed by atoms with van der Waals surface area (Å²) >= 11 is 13.4. The number of ether oxygens (including phenoxy) is 1. The summed E-state index contributed by atoms with van der Waals surface area (Å²) in [5.74, 6) is -1.69. The predicted molar refractivity (Wildman–Crippen MR) is 130 cm³/mol. The first-order valence-corrected chi connectivity index (χ1v) is 13.2. The number of aliphatic carboxylic acids is 1. The van der Waals surface area contributed by atoms with E-state index in [1.807, 2.05) is 0 Å². The number of carbonyl (C=O) groups excluding carboxylic acids is 1. The molecule has 0 aliphatic carbocycles. The van der Waals surface area contributed by atoms with Crippen molar-refractivity contribution < 1.29 is 27.9 Å². The van der Waals surface area contributed by atoms with E-state index in [0.29, 0.717) is 16.3 Å². The summed E-state index contributed by atoms with van der Waals surface area (Å²) in [6.07, 6.45) is -1.21. The molecule has 0 fully saturated rings. The molecular weight excluding hydrogens is 523 g/mol. The summed E-state index contributed by atoms with van der Waals surface area (Å²) < 4.78 is 30.4. The Balaban J connectivity index is 1.48. The van der Waals surface area contributed by atoms with Gasteiger partial charge in [0, 0.05) is 11.6 Å². The second kappa shape index (κ2) is 9.93. The normalized spacial score (nSPS) is 15.5. The van der Waals surface area contributed by atoms with E-state index in [9.17, 15) is 23.1 Å². The Morgan fingerprint density at radius 3 is 2.56 bits per heavy atom. The van der Waals surface area contributed by atoms with Crippen LogP contribution in [0.2, 0.25) is 10.0 Å². The minimum absolute atomic E-state index is 0.118. The molecule has 1 aliphatic rings. The lowest BCUT2D eigenvalue weighted by atomic mass is 10.1. The minimum Gasteiger partial charge on any atom is -0.478 e. The molecule has 2 heterocycles. The van der Waals surface area contributed by atoms with Gasteiger partial charge in [0.25, 0.3) is 5.91 Å². The van der Waals surface area contributed by atoms with Gasteiger partial charge in [0.1, 0.15) is 16.5 Å². The van der Waals surface area contributed by atoms with Crippen LogP contribution >= 0.6 is 34.5 Å². The molecule has 4 rings (SSSR count). The van der Waals surface area contributed by atoms with E-state index < -0.39 is 27.8 Å². The fourth-order valence-corrected chi connectivity index (χ4v) is 5.89. The van der Waals surface area contributed by atoms with Crippen molar-refractivity contribution in [3.05, 3.63) is 74.4 Å². The van der Waals surface area contributed by atoms with Crippen molar-refractivity contribution in [2.45, 2.75) is 17.5 Å². The zero-order valence-corrected chi connectivity index (χ0v) is 20.5. The Labute approximate surface area is 209 Å². The Hall–Kier alpha value is -2.63. The van der Waals surface area contributed by atoms with Gasteiger partial charge >= 0.3 is 5.97 Å². The summed E-state index contributed by atoms with van der Waals surface area (Å²) in [5.41, 5.74) is 1.00. The molecule has 0 saturated heterocycles. The van der Waals surface area contributed by atoms with Gasteiger partial charge in [-0.25, -0.2) is 13.2 Å². The molecule has 34 heavy (non-hydrogen) atoms. The maximum Gasteiger partial charge on any atom is 0.346 e.